The molecule has 1 aromatic rings. The maximum atomic E-state index is 10.5. The molecule has 6 heteroatoms. The predicted molar refractivity (Wildman–Crippen MR) is 69.1 cm³/mol. The summed E-state index contributed by atoms with van der Waals surface area (Å²) < 4.78 is 0. The Hall–Kier alpha value is -2.76. The summed E-state index contributed by atoms with van der Waals surface area (Å²) in [5.74, 6) is -2.46. The molecule has 1 rings (SSSR count). The van der Waals surface area contributed by atoms with E-state index in [1.807, 2.05) is 0 Å². The van der Waals surface area contributed by atoms with Gasteiger partial charge in [0.15, 0.2) is 0 Å². The quantitative estimate of drug-likeness (QED) is 0.627. The molecule has 0 aromatic heterocycles. The molecule has 0 aliphatic carbocycles. The van der Waals surface area contributed by atoms with Crippen molar-refractivity contribution in [3.05, 3.63) is 61.0 Å². The summed E-state index contributed by atoms with van der Waals surface area (Å²) in [6.07, 6.45) is 2.50. The van der Waals surface area contributed by atoms with Crippen molar-refractivity contribution in [1.29, 1.82) is 0 Å². The van der Waals surface area contributed by atoms with Gasteiger partial charge in [-0.1, -0.05) is 25.3 Å². The molecule has 0 unspecified atom stereocenters. The van der Waals surface area contributed by atoms with Crippen LogP contribution in [0.3, 0.4) is 0 Å². The number of carbonyl (C=O) groups is 2. The van der Waals surface area contributed by atoms with Crippen LogP contribution in [0.25, 0.3) is 0 Å². The largest absolute Gasteiger partial charge is 0.478 e. The molecule has 6 nitrogen and oxygen atoms in total. The van der Waals surface area contributed by atoms with Crippen molar-refractivity contribution in [3.8, 4) is 0 Å². The Bertz CT molecular complexity index is 377. The highest BCUT2D eigenvalue weighted by Gasteiger charge is 2.13. The van der Waals surface area contributed by atoms with E-state index in [0.29, 0.717) is 0 Å². The van der Waals surface area contributed by atoms with Crippen LogP contribution in [0.2, 0.25) is 0 Å². The maximum Gasteiger partial charge on any atom is 0.336 e. The van der Waals surface area contributed by atoms with Crippen LogP contribution in [0, 0.1) is 0 Å². The minimum absolute atomic E-state index is 0.190. The van der Waals surface area contributed by atoms with Crippen LogP contribution in [0.5, 0.6) is 0 Å². The summed E-state index contributed by atoms with van der Waals surface area (Å²) in [5.41, 5.74) is 8.84. The van der Waals surface area contributed by atoms with E-state index in [0.717, 1.165) is 0 Å². The van der Waals surface area contributed by atoms with Gasteiger partial charge in [-0.2, -0.15) is 0 Å². The predicted octanol–water partition coefficient (Wildman–Crippen LogP) is 1.26. The van der Waals surface area contributed by atoms with Crippen molar-refractivity contribution in [2.75, 3.05) is 0 Å². The van der Waals surface area contributed by atoms with Gasteiger partial charge >= 0.3 is 11.9 Å². The molecule has 0 atom stereocenters. The van der Waals surface area contributed by atoms with Crippen molar-refractivity contribution in [2.24, 2.45) is 11.5 Å². The van der Waals surface area contributed by atoms with Gasteiger partial charge in [0.05, 0.1) is 11.1 Å². The average molecular weight is 252 g/mol. The first-order valence-electron chi connectivity index (χ1n) is 4.67. The van der Waals surface area contributed by atoms with E-state index in [2.05, 4.69) is 24.6 Å². The molecule has 0 saturated heterocycles. The molecule has 0 radical (unpaired) electrons. The zero-order valence-corrected chi connectivity index (χ0v) is 9.74. The smallest absolute Gasteiger partial charge is 0.336 e. The Morgan fingerprint density at radius 2 is 1.17 bits per heavy atom. The van der Waals surface area contributed by atoms with Gasteiger partial charge in [-0.25, -0.2) is 9.59 Å². The Morgan fingerprint density at radius 3 is 1.33 bits per heavy atom. The summed E-state index contributed by atoms with van der Waals surface area (Å²) in [6, 6.07) is 5.48. The molecular weight excluding hydrogens is 236 g/mol. The Balaban J connectivity index is 0. The van der Waals surface area contributed by atoms with E-state index in [4.69, 9.17) is 10.2 Å². The second-order valence-corrected chi connectivity index (χ2v) is 2.63. The molecule has 98 valence electrons. The third-order valence-corrected chi connectivity index (χ3v) is 1.39. The van der Waals surface area contributed by atoms with Gasteiger partial charge in [0.1, 0.15) is 0 Å². The minimum atomic E-state index is -1.23. The van der Waals surface area contributed by atoms with E-state index < -0.39 is 11.9 Å². The maximum absolute atomic E-state index is 10.5. The Morgan fingerprint density at radius 1 is 0.944 bits per heavy atom. The van der Waals surface area contributed by atoms with Crippen molar-refractivity contribution in [3.63, 3.8) is 0 Å². The summed E-state index contributed by atoms with van der Waals surface area (Å²) >= 11 is 0. The molecule has 0 spiro atoms. The molecule has 0 saturated carbocycles. The highest BCUT2D eigenvalue weighted by atomic mass is 16.4. The molecular formula is C12H16N2O4. The third-order valence-electron chi connectivity index (χ3n) is 1.39. The molecule has 18 heavy (non-hydrogen) atoms. The van der Waals surface area contributed by atoms with Gasteiger partial charge in [-0.15, -0.1) is 0 Å². The monoisotopic (exact) mass is 252 g/mol. The van der Waals surface area contributed by atoms with Crippen LogP contribution in [0.4, 0.5) is 0 Å². The molecule has 0 aliphatic heterocycles. The summed E-state index contributed by atoms with van der Waals surface area (Å²) in [5, 5.41) is 17.1. The molecule has 1 aromatic carbocycles. The van der Waals surface area contributed by atoms with Crippen molar-refractivity contribution < 1.29 is 19.8 Å². The van der Waals surface area contributed by atoms with Crippen LogP contribution in [0.1, 0.15) is 20.7 Å². The Labute approximate surface area is 105 Å². The van der Waals surface area contributed by atoms with Gasteiger partial charge in [0.25, 0.3) is 0 Å². The lowest BCUT2D eigenvalue weighted by Crippen LogP contribution is -2.06. The number of hydrogen-bond acceptors (Lipinski definition) is 4. The average Bonchev–Trinajstić information content (AvgIpc) is 2.31. The number of carboxylic acid groups (broad SMARTS) is 2. The van der Waals surface area contributed by atoms with Crippen molar-refractivity contribution in [1.82, 2.24) is 0 Å². The fourth-order valence-corrected chi connectivity index (χ4v) is 0.856. The number of rotatable bonds is 2. The topological polar surface area (TPSA) is 127 Å². The number of benzene rings is 1. The normalized spacial score (nSPS) is 7.56. The van der Waals surface area contributed by atoms with Crippen molar-refractivity contribution >= 4 is 11.9 Å². The number of aromatic carboxylic acids is 2. The zero-order chi connectivity index (χ0) is 14.6. The second kappa shape index (κ2) is 10.7. The summed E-state index contributed by atoms with van der Waals surface area (Å²) in [7, 11) is 0. The van der Waals surface area contributed by atoms with Gasteiger partial charge in [0.2, 0.25) is 0 Å². The first-order chi connectivity index (χ1) is 8.45. The first-order valence-corrected chi connectivity index (χ1v) is 4.67. The van der Waals surface area contributed by atoms with Crippen LogP contribution < -0.4 is 11.5 Å². The van der Waals surface area contributed by atoms with Crippen LogP contribution >= 0.6 is 0 Å². The van der Waals surface area contributed by atoms with Crippen LogP contribution in [-0.4, -0.2) is 22.2 Å². The molecule has 0 amide bonds. The van der Waals surface area contributed by atoms with E-state index >= 15 is 0 Å². The fraction of sp³-hybridized carbons (Fsp3) is 0. The van der Waals surface area contributed by atoms with E-state index in [-0.39, 0.29) is 11.1 Å². The number of nitrogens with two attached hydrogens (primary N) is 2. The molecule has 6 N–H and O–H groups in total. The van der Waals surface area contributed by atoms with Gasteiger partial charge in [-0.3, -0.25) is 0 Å². The third kappa shape index (κ3) is 7.52. The minimum Gasteiger partial charge on any atom is -0.478 e. The van der Waals surface area contributed by atoms with E-state index in [1.54, 1.807) is 0 Å². The SMILES string of the molecule is C=CN.C=CN.O=C(O)c1ccccc1C(=O)O. The highest BCUT2D eigenvalue weighted by molar-refractivity contribution is 6.01. The van der Waals surface area contributed by atoms with Gasteiger partial charge < -0.3 is 21.7 Å². The summed E-state index contributed by atoms with van der Waals surface area (Å²) in [4.78, 5) is 20.9. The lowest BCUT2D eigenvalue weighted by molar-refractivity contribution is 0.0651. The fourth-order valence-electron chi connectivity index (χ4n) is 0.856. The van der Waals surface area contributed by atoms with Crippen LogP contribution in [-0.2, 0) is 0 Å². The summed E-state index contributed by atoms with van der Waals surface area (Å²) in [6.45, 7) is 6.28. The molecule has 0 heterocycles. The van der Waals surface area contributed by atoms with Crippen LogP contribution in [0.15, 0.2) is 49.8 Å². The number of carboxylic acids is 2. The van der Waals surface area contributed by atoms with E-state index in [9.17, 15) is 9.59 Å². The zero-order valence-electron chi connectivity index (χ0n) is 9.74. The molecule has 0 aliphatic rings. The molecule has 0 bridgehead atoms. The molecule has 0 fully saturated rings. The lowest BCUT2D eigenvalue weighted by Gasteiger charge is -1.98. The standard InChI is InChI=1S/C8H6O4.2C2H5N/c9-7(10)5-3-1-2-4-6(5)8(11)12;2*1-2-3/h1-4H,(H,9,10)(H,11,12);2*2H,1,3H2. The van der Waals surface area contributed by atoms with E-state index in [1.165, 1.54) is 36.7 Å². The number of hydrogen-bond donors (Lipinski definition) is 4. The van der Waals surface area contributed by atoms with Gasteiger partial charge in [-0.05, 0) is 24.5 Å². The van der Waals surface area contributed by atoms with Crippen molar-refractivity contribution in [2.45, 2.75) is 0 Å². The highest BCUT2D eigenvalue weighted by Crippen LogP contribution is 2.07. The lowest BCUT2D eigenvalue weighted by atomic mass is 10.1. The van der Waals surface area contributed by atoms with Gasteiger partial charge in [0, 0.05) is 0 Å². The second-order valence-electron chi connectivity index (χ2n) is 2.63. The first kappa shape index (κ1) is 17.6. The Kier molecular flexibility index (Phi) is 10.5.